The molecule has 4 rings (SSSR count). The molecule has 1 aromatic carbocycles. The lowest BCUT2D eigenvalue weighted by atomic mass is 10.1. The lowest BCUT2D eigenvalue weighted by Gasteiger charge is -2.50. The molecule has 94 valence electrons. The Hall–Kier alpha value is -0.0900. The number of rotatable bonds is 2. The van der Waals surface area contributed by atoms with Gasteiger partial charge in [-0.15, -0.1) is 0 Å². The van der Waals surface area contributed by atoms with E-state index in [1.54, 1.807) is 0 Å². The fourth-order valence-electron chi connectivity index (χ4n) is 2.99. The van der Waals surface area contributed by atoms with Gasteiger partial charge in [0, 0.05) is 29.7 Å². The van der Waals surface area contributed by atoms with Crippen LogP contribution in [0, 0.1) is 0 Å². The van der Waals surface area contributed by atoms with Crippen molar-refractivity contribution in [3.8, 4) is 0 Å². The van der Waals surface area contributed by atoms with Crippen LogP contribution in [0.25, 0.3) is 0 Å². The lowest BCUT2D eigenvalue weighted by Crippen LogP contribution is -3.00. The van der Waals surface area contributed by atoms with Gasteiger partial charge < -0.3 is 16.9 Å². The van der Waals surface area contributed by atoms with Gasteiger partial charge in [-0.3, -0.25) is 4.90 Å². The average molecular weight is 318 g/mol. The monoisotopic (exact) mass is 316 g/mol. The van der Waals surface area contributed by atoms with Gasteiger partial charge in [0.05, 0.1) is 19.6 Å². The Labute approximate surface area is 118 Å². The van der Waals surface area contributed by atoms with Crippen molar-refractivity contribution in [2.24, 2.45) is 0 Å². The highest BCUT2D eigenvalue weighted by molar-refractivity contribution is 9.10. The second kappa shape index (κ2) is 5.27. The fourth-order valence-corrected chi connectivity index (χ4v) is 3.44. The number of piperazine rings is 3. The number of hydrogen-bond donors (Lipinski definition) is 0. The molecule has 0 spiro atoms. The summed E-state index contributed by atoms with van der Waals surface area (Å²) in [6.07, 6.45) is 0. The van der Waals surface area contributed by atoms with Crippen LogP contribution in [0.2, 0.25) is 0 Å². The van der Waals surface area contributed by atoms with Crippen LogP contribution in [0.15, 0.2) is 28.7 Å². The Morgan fingerprint density at radius 3 is 2.35 bits per heavy atom. The SMILES string of the molecule is Brc1cccc(C[N+]23CCN(CC2)CC3)c1.[Cl-]. The molecule has 3 aliphatic rings. The Bertz CT molecular complexity index is 375. The van der Waals surface area contributed by atoms with Crippen LogP contribution in [0.3, 0.4) is 0 Å². The van der Waals surface area contributed by atoms with Gasteiger partial charge in [0.1, 0.15) is 6.54 Å². The van der Waals surface area contributed by atoms with E-state index in [0.29, 0.717) is 0 Å². The summed E-state index contributed by atoms with van der Waals surface area (Å²) in [5, 5.41) is 0. The zero-order valence-electron chi connectivity index (χ0n) is 9.91. The van der Waals surface area contributed by atoms with E-state index in [1.165, 1.54) is 60.3 Å². The summed E-state index contributed by atoms with van der Waals surface area (Å²) in [4.78, 5) is 2.60. The molecule has 4 heteroatoms. The van der Waals surface area contributed by atoms with Gasteiger partial charge in [0.15, 0.2) is 0 Å². The van der Waals surface area contributed by atoms with Gasteiger partial charge in [-0.05, 0) is 12.1 Å². The predicted octanol–water partition coefficient (Wildman–Crippen LogP) is -0.901. The first-order valence-corrected chi connectivity index (χ1v) is 6.87. The van der Waals surface area contributed by atoms with Crippen LogP contribution in [0.4, 0.5) is 0 Å². The summed E-state index contributed by atoms with van der Waals surface area (Å²) in [5.41, 5.74) is 1.48. The summed E-state index contributed by atoms with van der Waals surface area (Å²) in [5.74, 6) is 0. The van der Waals surface area contributed by atoms with E-state index in [4.69, 9.17) is 0 Å². The number of nitrogens with zero attached hydrogens (tertiary/aromatic N) is 2. The molecule has 0 atom stereocenters. The number of fused-ring (bicyclic) bond motifs is 3. The van der Waals surface area contributed by atoms with E-state index in [-0.39, 0.29) is 12.4 Å². The second-order valence-corrected chi connectivity index (χ2v) is 6.06. The van der Waals surface area contributed by atoms with Crippen LogP contribution in [0.5, 0.6) is 0 Å². The van der Waals surface area contributed by atoms with Crippen molar-refractivity contribution in [3.05, 3.63) is 34.3 Å². The Morgan fingerprint density at radius 1 is 1.12 bits per heavy atom. The highest BCUT2D eigenvalue weighted by Crippen LogP contribution is 2.24. The number of benzene rings is 1. The van der Waals surface area contributed by atoms with E-state index in [1.807, 2.05) is 0 Å². The smallest absolute Gasteiger partial charge is 0.105 e. The molecule has 3 saturated heterocycles. The van der Waals surface area contributed by atoms with Crippen LogP contribution in [0.1, 0.15) is 5.56 Å². The fraction of sp³-hybridized carbons (Fsp3) is 0.538. The number of hydrogen-bond acceptors (Lipinski definition) is 1. The number of halogens is 2. The van der Waals surface area contributed by atoms with Crippen molar-refractivity contribution < 1.29 is 16.9 Å². The molecule has 0 amide bonds. The topological polar surface area (TPSA) is 3.24 Å². The zero-order valence-corrected chi connectivity index (χ0v) is 12.3. The van der Waals surface area contributed by atoms with Crippen LogP contribution >= 0.6 is 15.9 Å². The van der Waals surface area contributed by atoms with E-state index in [9.17, 15) is 0 Å². The maximum Gasteiger partial charge on any atom is 0.105 e. The minimum atomic E-state index is 0. The van der Waals surface area contributed by atoms with Crippen LogP contribution < -0.4 is 12.4 Å². The first-order valence-electron chi connectivity index (χ1n) is 6.08. The van der Waals surface area contributed by atoms with Crippen LogP contribution in [-0.4, -0.2) is 48.7 Å². The maximum absolute atomic E-state index is 3.56. The summed E-state index contributed by atoms with van der Waals surface area (Å²) < 4.78 is 2.52. The molecule has 0 saturated carbocycles. The molecule has 0 unspecified atom stereocenters. The normalized spacial score (nSPS) is 31.0. The largest absolute Gasteiger partial charge is 1.00 e. The van der Waals surface area contributed by atoms with E-state index in [2.05, 4.69) is 45.1 Å². The quantitative estimate of drug-likeness (QED) is 0.639. The third-order valence-electron chi connectivity index (χ3n) is 4.08. The average Bonchev–Trinajstić information content (AvgIpc) is 2.31. The van der Waals surface area contributed by atoms with Crippen LogP contribution in [-0.2, 0) is 6.54 Å². The van der Waals surface area contributed by atoms with E-state index >= 15 is 0 Å². The molecule has 0 radical (unpaired) electrons. The van der Waals surface area contributed by atoms with Gasteiger partial charge in [0.25, 0.3) is 0 Å². The van der Waals surface area contributed by atoms with Crippen molar-refractivity contribution in [2.45, 2.75) is 6.54 Å². The molecule has 3 heterocycles. The molecular formula is C13H18BrClN2. The minimum absolute atomic E-state index is 0. The number of quaternary nitrogens is 1. The molecule has 1 aromatic rings. The third kappa shape index (κ3) is 2.84. The highest BCUT2D eigenvalue weighted by Gasteiger charge is 2.38. The van der Waals surface area contributed by atoms with Gasteiger partial charge in [-0.25, -0.2) is 0 Å². The second-order valence-electron chi connectivity index (χ2n) is 5.14. The van der Waals surface area contributed by atoms with Crippen molar-refractivity contribution in [2.75, 3.05) is 39.3 Å². The Morgan fingerprint density at radius 2 is 1.76 bits per heavy atom. The predicted molar refractivity (Wildman–Crippen MR) is 69.1 cm³/mol. The van der Waals surface area contributed by atoms with Gasteiger partial charge in [0.2, 0.25) is 0 Å². The van der Waals surface area contributed by atoms with Gasteiger partial charge in [-0.1, -0.05) is 28.1 Å². The summed E-state index contributed by atoms with van der Waals surface area (Å²) in [7, 11) is 0. The van der Waals surface area contributed by atoms with Crippen molar-refractivity contribution in [1.82, 2.24) is 4.90 Å². The Balaban J connectivity index is 0.00000108. The molecule has 0 aromatic heterocycles. The minimum Gasteiger partial charge on any atom is -1.00 e. The molecule has 3 fully saturated rings. The summed E-state index contributed by atoms with van der Waals surface area (Å²) >= 11 is 3.56. The molecule has 2 nitrogen and oxygen atoms in total. The third-order valence-corrected chi connectivity index (χ3v) is 4.57. The Kier molecular flexibility index (Phi) is 4.14. The maximum atomic E-state index is 3.56. The van der Waals surface area contributed by atoms with E-state index < -0.39 is 0 Å². The summed E-state index contributed by atoms with van der Waals surface area (Å²) in [6.45, 7) is 9.13. The molecular weight excluding hydrogens is 300 g/mol. The van der Waals surface area contributed by atoms with Crippen molar-refractivity contribution in [1.29, 1.82) is 0 Å². The molecule has 0 aliphatic carbocycles. The first kappa shape index (κ1) is 13.3. The molecule has 3 aliphatic heterocycles. The molecule has 0 N–H and O–H groups in total. The molecule has 17 heavy (non-hydrogen) atoms. The van der Waals surface area contributed by atoms with Gasteiger partial charge in [-0.2, -0.15) is 0 Å². The summed E-state index contributed by atoms with van der Waals surface area (Å²) in [6, 6.07) is 8.79. The van der Waals surface area contributed by atoms with Gasteiger partial charge >= 0.3 is 0 Å². The lowest BCUT2D eigenvalue weighted by molar-refractivity contribution is -0.953. The highest BCUT2D eigenvalue weighted by atomic mass is 79.9. The first-order chi connectivity index (χ1) is 7.76. The van der Waals surface area contributed by atoms with Crippen molar-refractivity contribution in [3.63, 3.8) is 0 Å². The van der Waals surface area contributed by atoms with Crippen molar-refractivity contribution >= 4 is 15.9 Å². The standard InChI is InChI=1S/C13H18BrN2.ClH/c14-13-3-1-2-12(10-13)11-16-7-4-15(5-8-16)6-9-16;/h1-3,10H,4-9,11H2;1H/q+1;/p-1. The zero-order chi connectivity index (χ0) is 11.0. The molecule has 2 bridgehead atoms. The van der Waals surface area contributed by atoms with E-state index in [0.717, 1.165) is 0 Å².